The fourth-order valence-corrected chi connectivity index (χ4v) is 4.60. The summed E-state index contributed by atoms with van der Waals surface area (Å²) in [7, 11) is 3.11. The van der Waals surface area contributed by atoms with Crippen LogP contribution in [0.25, 0.3) is 0 Å². The molecule has 1 aromatic heterocycles. The van der Waals surface area contributed by atoms with Crippen LogP contribution in [0.1, 0.15) is 67.3 Å². The number of fused-ring (bicyclic) bond motifs is 1. The second kappa shape index (κ2) is 10.6. The quantitative estimate of drug-likeness (QED) is 0.294. The molecule has 0 saturated carbocycles. The van der Waals surface area contributed by atoms with E-state index in [9.17, 15) is 4.79 Å². The topological polar surface area (TPSA) is 82.0 Å². The van der Waals surface area contributed by atoms with Crippen LogP contribution in [0, 0.1) is 6.92 Å². The van der Waals surface area contributed by atoms with Gasteiger partial charge in [0.1, 0.15) is 22.9 Å². The van der Waals surface area contributed by atoms with Gasteiger partial charge in [-0.1, -0.05) is 33.3 Å². The summed E-state index contributed by atoms with van der Waals surface area (Å²) in [6, 6.07) is 11.2. The van der Waals surface area contributed by atoms with Crippen molar-refractivity contribution in [1.82, 2.24) is 0 Å². The number of aryl methyl sites for hydroxylation is 2. The normalized spacial score (nSPS) is 13.7. The monoisotopic (exact) mass is 492 g/mol. The van der Waals surface area contributed by atoms with Gasteiger partial charge >= 0.3 is 0 Å². The molecular weight excluding hydrogens is 456 g/mol. The Hall–Kier alpha value is -3.61. The van der Waals surface area contributed by atoms with E-state index in [0.717, 1.165) is 49.2 Å². The number of ether oxygens (including phenoxy) is 3. The van der Waals surface area contributed by atoms with Crippen LogP contribution in [0.2, 0.25) is 0 Å². The smallest absolute Gasteiger partial charge is 0.291 e. The maximum atomic E-state index is 13.0. The van der Waals surface area contributed by atoms with Gasteiger partial charge in [-0.15, -0.1) is 0 Å². The van der Waals surface area contributed by atoms with Crippen LogP contribution in [0.3, 0.4) is 0 Å². The highest BCUT2D eigenvalue weighted by molar-refractivity contribution is 6.04. The molecule has 0 unspecified atom stereocenters. The van der Waals surface area contributed by atoms with Crippen LogP contribution < -0.4 is 24.8 Å². The predicted molar refractivity (Wildman–Crippen MR) is 142 cm³/mol. The first kappa shape index (κ1) is 25.5. The van der Waals surface area contributed by atoms with Crippen molar-refractivity contribution >= 4 is 17.3 Å². The number of benzene rings is 2. The van der Waals surface area contributed by atoms with Gasteiger partial charge in [-0.05, 0) is 60.4 Å². The van der Waals surface area contributed by atoms with E-state index in [-0.39, 0.29) is 17.1 Å². The number of hydrogen-bond donors (Lipinski definition) is 2. The first-order chi connectivity index (χ1) is 17.2. The molecule has 0 bridgehead atoms. The zero-order valence-corrected chi connectivity index (χ0v) is 22.0. The molecule has 1 aliphatic rings. The Kier molecular flexibility index (Phi) is 7.48. The molecule has 1 amide bonds. The average Bonchev–Trinajstić information content (AvgIpc) is 3.44. The van der Waals surface area contributed by atoms with Crippen molar-refractivity contribution < 1.29 is 23.4 Å². The number of furan rings is 1. The standard InChI is InChI=1S/C29H36N2O5/c1-7-8-13-30-20-15-24(33-5)27(25(16-20)34-6)31-28(32)22-9-10-26(35-22)36-23-17-21-19(14-18(23)2)11-12-29(21,3)4/h9-10,14-17,30H,7-8,11-13H2,1-6H3,(H,31,32). The third-order valence-electron chi connectivity index (χ3n) is 6.77. The lowest BCUT2D eigenvalue weighted by molar-refractivity contribution is 0.0991. The Morgan fingerprint density at radius 2 is 1.78 bits per heavy atom. The summed E-state index contributed by atoms with van der Waals surface area (Å²) >= 11 is 0. The minimum atomic E-state index is -0.431. The van der Waals surface area contributed by atoms with Gasteiger partial charge in [-0.3, -0.25) is 4.79 Å². The third kappa shape index (κ3) is 5.30. The van der Waals surface area contributed by atoms with Crippen molar-refractivity contribution in [2.45, 2.75) is 58.8 Å². The van der Waals surface area contributed by atoms with Gasteiger partial charge in [-0.2, -0.15) is 0 Å². The van der Waals surface area contributed by atoms with Gasteiger partial charge in [0.05, 0.1) is 14.2 Å². The first-order valence-corrected chi connectivity index (χ1v) is 12.5. The summed E-state index contributed by atoms with van der Waals surface area (Å²) in [6.07, 6.45) is 4.35. The number of carbonyl (C=O) groups excluding carboxylic acids is 1. The second-order valence-electron chi connectivity index (χ2n) is 9.87. The molecule has 36 heavy (non-hydrogen) atoms. The first-order valence-electron chi connectivity index (χ1n) is 12.5. The van der Waals surface area contributed by atoms with Crippen LogP contribution in [0.15, 0.2) is 40.8 Å². The molecule has 0 aliphatic heterocycles. The number of rotatable bonds is 10. The molecule has 2 aromatic carbocycles. The maximum Gasteiger partial charge on any atom is 0.291 e. The van der Waals surface area contributed by atoms with Gasteiger partial charge in [0.25, 0.3) is 11.9 Å². The van der Waals surface area contributed by atoms with Gasteiger partial charge in [0.15, 0.2) is 5.76 Å². The van der Waals surface area contributed by atoms with E-state index in [4.69, 9.17) is 18.6 Å². The largest absolute Gasteiger partial charge is 0.494 e. The van der Waals surface area contributed by atoms with Crippen molar-refractivity contribution in [3.63, 3.8) is 0 Å². The number of nitrogens with one attached hydrogen (secondary N) is 2. The highest BCUT2D eigenvalue weighted by Gasteiger charge is 2.31. The third-order valence-corrected chi connectivity index (χ3v) is 6.77. The summed E-state index contributed by atoms with van der Waals surface area (Å²) in [6.45, 7) is 9.51. The van der Waals surface area contributed by atoms with Crippen LogP contribution in [0.4, 0.5) is 11.4 Å². The van der Waals surface area contributed by atoms with Crippen LogP contribution in [0.5, 0.6) is 23.2 Å². The minimum absolute atomic E-state index is 0.120. The summed E-state index contributed by atoms with van der Waals surface area (Å²) in [5.41, 5.74) is 5.13. The fraction of sp³-hybridized carbons (Fsp3) is 0.414. The molecule has 1 aliphatic carbocycles. The van der Waals surface area contributed by atoms with Gasteiger partial charge in [0, 0.05) is 30.4 Å². The summed E-state index contributed by atoms with van der Waals surface area (Å²) in [5.74, 6) is 1.66. The van der Waals surface area contributed by atoms with Gasteiger partial charge in [-0.25, -0.2) is 0 Å². The number of hydrogen-bond acceptors (Lipinski definition) is 6. The molecule has 0 radical (unpaired) electrons. The molecule has 0 spiro atoms. The SMILES string of the molecule is CCCCNc1cc(OC)c(NC(=O)c2ccc(Oc3cc4c(cc3C)CCC4(C)C)o2)c(OC)c1. The molecule has 4 rings (SSSR count). The van der Waals surface area contributed by atoms with Gasteiger partial charge < -0.3 is 29.3 Å². The average molecular weight is 493 g/mol. The molecule has 0 saturated heterocycles. The molecule has 7 nitrogen and oxygen atoms in total. The molecule has 3 aromatic rings. The molecule has 1 heterocycles. The van der Waals surface area contributed by atoms with E-state index in [1.165, 1.54) is 11.1 Å². The van der Waals surface area contributed by atoms with Crippen molar-refractivity contribution in [2.24, 2.45) is 0 Å². The van der Waals surface area contributed by atoms with Crippen molar-refractivity contribution in [3.8, 4) is 23.2 Å². The molecule has 0 atom stereocenters. The van der Waals surface area contributed by atoms with Crippen LogP contribution in [-0.4, -0.2) is 26.7 Å². The number of amides is 1. The zero-order chi connectivity index (χ0) is 25.9. The second-order valence-corrected chi connectivity index (χ2v) is 9.87. The molecule has 7 heteroatoms. The van der Waals surface area contributed by atoms with E-state index in [1.54, 1.807) is 26.4 Å². The molecular formula is C29H36N2O5. The Labute approximate surface area is 213 Å². The lowest BCUT2D eigenvalue weighted by Crippen LogP contribution is -2.13. The van der Waals surface area contributed by atoms with E-state index in [0.29, 0.717) is 17.2 Å². The number of anilines is 2. The summed E-state index contributed by atoms with van der Waals surface area (Å²) in [5, 5.41) is 6.21. The van der Waals surface area contributed by atoms with Gasteiger partial charge in [0.2, 0.25) is 0 Å². The van der Waals surface area contributed by atoms with E-state index >= 15 is 0 Å². The fourth-order valence-electron chi connectivity index (χ4n) is 4.60. The van der Waals surface area contributed by atoms with Crippen LogP contribution >= 0.6 is 0 Å². The lowest BCUT2D eigenvalue weighted by Gasteiger charge is -2.20. The molecule has 192 valence electrons. The summed E-state index contributed by atoms with van der Waals surface area (Å²) < 4.78 is 22.9. The lowest BCUT2D eigenvalue weighted by atomic mass is 9.86. The number of unbranched alkanes of at least 4 members (excludes halogenated alkanes) is 1. The predicted octanol–water partition coefficient (Wildman–Crippen LogP) is 7.09. The van der Waals surface area contributed by atoms with Crippen molar-refractivity contribution in [3.05, 3.63) is 58.8 Å². The Morgan fingerprint density at radius 1 is 1.06 bits per heavy atom. The minimum Gasteiger partial charge on any atom is -0.494 e. The van der Waals surface area contributed by atoms with E-state index in [1.807, 2.05) is 19.1 Å². The van der Waals surface area contributed by atoms with E-state index in [2.05, 4.69) is 43.5 Å². The Morgan fingerprint density at radius 3 is 2.44 bits per heavy atom. The van der Waals surface area contributed by atoms with Crippen molar-refractivity contribution in [2.75, 3.05) is 31.4 Å². The summed E-state index contributed by atoms with van der Waals surface area (Å²) in [4.78, 5) is 13.0. The number of carbonyl (C=O) groups is 1. The molecule has 0 fully saturated rings. The Bertz CT molecular complexity index is 1220. The van der Waals surface area contributed by atoms with Crippen molar-refractivity contribution in [1.29, 1.82) is 0 Å². The molecule has 2 N–H and O–H groups in total. The van der Waals surface area contributed by atoms with E-state index < -0.39 is 5.91 Å². The Balaban J connectivity index is 1.51. The van der Waals surface area contributed by atoms with Crippen LogP contribution in [-0.2, 0) is 11.8 Å². The zero-order valence-electron chi connectivity index (χ0n) is 22.0. The number of methoxy groups -OCH3 is 2. The highest BCUT2D eigenvalue weighted by atomic mass is 16.6. The highest BCUT2D eigenvalue weighted by Crippen LogP contribution is 2.42. The maximum absolute atomic E-state index is 13.0.